The van der Waals surface area contributed by atoms with E-state index in [1.165, 1.54) is 63.2 Å². The second-order valence-electron chi connectivity index (χ2n) is 7.01. The number of carbonyl (C=O) groups excluding carboxylic acids is 2. The van der Waals surface area contributed by atoms with E-state index in [-0.39, 0.29) is 21.8 Å². The maximum Gasteiger partial charge on any atom is 0.337 e. The Bertz CT molecular complexity index is 1620. The summed E-state index contributed by atoms with van der Waals surface area (Å²) in [4.78, 5) is 64.3. The van der Waals surface area contributed by atoms with Crippen LogP contribution in [-0.4, -0.2) is 45.3 Å². The Kier molecular flexibility index (Phi) is 6.97. The van der Waals surface area contributed by atoms with Crippen LogP contribution in [-0.2, 0) is 23.6 Å². The molecule has 0 bridgehead atoms. The first-order valence-electron chi connectivity index (χ1n) is 9.65. The summed E-state index contributed by atoms with van der Waals surface area (Å²) in [6.07, 6.45) is 0. The van der Waals surface area contributed by atoms with E-state index in [4.69, 9.17) is 11.6 Å². The Morgan fingerprint density at radius 3 is 1.97 bits per heavy atom. The Morgan fingerprint density at radius 1 is 0.853 bits per heavy atom. The number of benzene rings is 2. The number of aromatic nitrogens is 4. The van der Waals surface area contributed by atoms with E-state index >= 15 is 0 Å². The predicted octanol–water partition coefficient (Wildman–Crippen LogP) is 1.39. The number of halogens is 1. The monoisotopic (exact) mass is 486 g/mol. The number of ether oxygens (including phenoxy) is 2. The number of hydrogen-bond donors (Lipinski definition) is 1. The number of methoxy groups -OCH3 is 2. The fourth-order valence-corrected chi connectivity index (χ4v) is 3.20. The van der Waals surface area contributed by atoms with Gasteiger partial charge in [-0.2, -0.15) is 0 Å². The number of H-pyrrole nitrogens is 1. The molecule has 0 saturated carbocycles. The van der Waals surface area contributed by atoms with Gasteiger partial charge in [-0.25, -0.2) is 19.4 Å². The van der Waals surface area contributed by atoms with Gasteiger partial charge in [-0.15, -0.1) is 0 Å². The third kappa shape index (κ3) is 4.59. The van der Waals surface area contributed by atoms with Gasteiger partial charge < -0.3 is 14.5 Å². The fraction of sp³-hybridized carbons (Fsp3) is 0.182. The standard InChI is InChI=1S/C11H9ClN2O3.C11H10N2O4/c1-14-9(15)7-5-6(10(16)17-2)3-4-8(7)13-11(14)12;1-13-9(14)7-5-6(10(15)17-2)3-4-8(7)12-11(13)16/h3-5H,1-2H3;3-5H,1-2H3,(H,12,16). The maximum absolute atomic E-state index is 11.9. The average molecular weight is 487 g/mol. The van der Waals surface area contributed by atoms with Gasteiger partial charge in [0.25, 0.3) is 11.1 Å². The Balaban J connectivity index is 0.000000191. The van der Waals surface area contributed by atoms with Crippen LogP contribution in [0.25, 0.3) is 21.8 Å². The minimum atomic E-state index is -0.528. The molecule has 0 amide bonds. The first kappa shape index (κ1) is 24.4. The largest absolute Gasteiger partial charge is 0.465 e. The van der Waals surface area contributed by atoms with Crippen LogP contribution in [0.3, 0.4) is 0 Å². The molecule has 0 aliphatic heterocycles. The second-order valence-corrected chi connectivity index (χ2v) is 7.35. The molecule has 0 saturated heterocycles. The summed E-state index contributed by atoms with van der Waals surface area (Å²) in [5.74, 6) is -1.02. The molecule has 2 aromatic carbocycles. The lowest BCUT2D eigenvalue weighted by Crippen LogP contribution is -2.32. The van der Waals surface area contributed by atoms with E-state index in [0.717, 1.165) is 4.57 Å². The van der Waals surface area contributed by atoms with Crippen LogP contribution in [0.2, 0.25) is 5.28 Å². The van der Waals surface area contributed by atoms with Crippen molar-refractivity contribution in [2.45, 2.75) is 0 Å². The summed E-state index contributed by atoms with van der Waals surface area (Å²) < 4.78 is 11.3. The molecule has 0 aliphatic carbocycles. The highest BCUT2D eigenvalue weighted by Gasteiger charge is 2.11. The van der Waals surface area contributed by atoms with Crippen LogP contribution in [0.4, 0.5) is 0 Å². The van der Waals surface area contributed by atoms with Crippen LogP contribution in [0, 0.1) is 0 Å². The van der Waals surface area contributed by atoms with Gasteiger partial charge in [0.15, 0.2) is 0 Å². The van der Waals surface area contributed by atoms with Gasteiger partial charge in [0, 0.05) is 14.1 Å². The lowest BCUT2D eigenvalue weighted by atomic mass is 10.1. The number of nitrogens with one attached hydrogen (secondary N) is 1. The van der Waals surface area contributed by atoms with Gasteiger partial charge in [-0.05, 0) is 48.0 Å². The lowest BCUT2D eigenvalue weighted by Gasteiger charge is -2.04. The van der Waals surface area contributed by atoms with Crippen molar-refractivity contribution >= 4 is 45.3 Å². The smallest absolute Gasteiger partial charge is 0.337 e. The van der Waals surface area contributed by atoms with E-state index < -0.39 is 23.2 Å². The zero-order valence-electron chi connectivity index (χ0n) is 18.5. The molecule has 0 fully saturated rings. The van der Waals surface area contributed by atoms with Crippen LogP contribution in [0.15, 0.2) is 50.8 Å². The van der Waals surface area contributed by atoms with Crippen molar-refractivity contribution in [1.29, 1.82) is 0 Å². The number of fused-ring (bicyclic) bond motifs is 2. The predicted molar refractivity (Wildman–Crippen MR) is 124 cm³/mol. The molecule has 34 heavy (non-hydrogen) atoms. The van der Waals surface area contributed by atoms with Gasteiger partial charge in [0.1, 0.15) is 0 Å². The molecular weight excluding hydrogens is 468 g/mol. The molecule has 1 N–H and O–H groups in total. The molecule has 0 aliphatic rings. The number of carbonyl (C=O) groups is 2. The molecule has 176 valence electrons. The van der Waals surface area contributed by atoms with Gasteiger partial charge in [-0.3, -0.25) is 18.7 Å². The zero-order valence-corrected chi connectivity index (χ0v) is 19.3. The molecule has 0 unspecified atom stereocenters. The topological polar surface area (TPSA) is 142 Å². The van der Waals surface area contributed by atoms with E-state index in [0.29, 0.717) is 22.0 Å². The van der Waals surface area contributed by atoms with Gasteiger partial charge in [-0.1, -0.05) is 0 Å². The molecule has 11 nitrogen and oxygen atoms in total. The summed E-state index contributed by atoms with van der Waals surface area (Å²) >= 11 is 5.78. The number of rotatable bonds is 2. The first-order valence-corrected chi connectivity index (χ1v) is 10.0. The minimum absolute atomic E-state index is 0.105. The van der Waals surface area contributed by atoms with Crippen molar-refractivity contribution in [3.63, 3.8) is 0 Å². The van der Waals surface area contributed by atoms with Crippen molar-refractivity contribution in [2.24, 2.45) is 14.1 Å². The molecule has 12 heteroatoms. The fourth-order valence-electron chi connectivity index (χ4n) is 3.04. The Hall–Kier alpha value is -4.25. The lowest BCUT2D eigenvalue weighted by molar-refractivity contribution is 0.0592. The van der Waals surface area contributed by atoms with Crippen molar-refractivity contribution in [2.75, 3.05) is 14.2 Å². The van der Waals surface area contributed by atoms with Crippen molar-refractivity contribution < 1.29 is 19.1 Å². The number of nitrogens with zero attached hydrogens (tertiary/aromatic N) is 3. The van der Waals surface area contributed by atoms with Gasteiger partial charge in [0.2, 0.25) is 5.28 Å². The normalized spacial score (nSPS) is 10.5. The molecule has 4 aromatic rings. The van der Waals surface area contributed by atoms with Crippen molar-refractivity contribution in [1.82, 2.24) is 19.1 Å². The molecule has 4 rings (SSSR count). The molecule has 0 radical (unpaired) electrons. The molecule has 0 spiro atoms. The highest BCUT2D eigenvalue weighted by molar-refractivity contribution is 6.28. The highest BCUT2D eigenvalue weighted by atomic mass is 35.5. The number of hydrogen-bond acceptors (Lipinski definition) is 8. The molecular formula is C22H19ClN4O7. The number of aromatic amines is 1. The summed E-state index contributed by atoms with van der Waals surface area (Å²) in [5, 5.41) is 0.711. The van der Waals surface area contributed by atoms with E-state index in [1.807, 2.05) is 0 Å². The summed E-state index contributed by atoms with van der Waals surface area (Å²) in [5.41, 5.74) is 0.176. The van der Waals surface area contributed by atoms with Crippen LogP contribution in [0.1, 0.15) is 20.7 Å². The molecule has 2 aromatic heterocycles. The quantitative estimate of drug-likeness (QED) is 0.331. The van der Waals surface area contributed by atoms with E-state index in [2.05, 4.69) is 19.4 Å². The molecule has 2 heterocycles. The van der Waals surface area contributed by atoms with Gasteiger partial charge in [0.05, 0.1) is 47.2 Å². The number of esters is 2. The van der Waals surface area contributed by atoms with Crippen molar-refractivity contribution in [3.8, 4) is 0 Å². The van der Waals surface area contributed by atoms with Gasteiger partial charge >= 0.3 is 17.6 Å². The summed E-state index contributed by atoms with van der Waals surface area (Å²) in [7, 11) is 5.43. The minimum Gasteiger partial charge on any atom is -0.465 e. The third-order valence-electron chi connectivity index (χ3n) is 4.96. The highest BCUT2D eigenvalue weighted by Crippen LogP contribution is 2.14. The summed E-state index contributed by atoms with van der Waals surface area (Å²) in [6, 6.07) is 8.95. The van der Waals surface area contributed by atoms with Crippen LogP contribution < -0.4 is 16.8 Å². The Morgan fingerprint density at radius 2 is 1.38 bits per heavy atom. The summed E-state index contributed by atoms with van der Waals surface area (Å²) in [6.45, 7) is 0. The van der Waals surface area contributed by atoms with Crippen LogP contribution >= 0.6 is 11.6 Å². The maximum atomic E-state index is 11.9. The third-order valence-corrected chi connectivity index (χ3v) is 5.30. The van der Waals surface area contributed by atoms with E-state index in [9.17, 15) is 24.0 Å². The van der Waals surface area contributed by atoms with Crippen molar-refractivity contribution in [3.05, 3.63) is 84.0 Å². The van der Waals surface area contributed by atoms with Crippen LogP contribution in [0.5, 0.6) is 0 Å². The SMILES string of the molecule is COC(=O)c1ccc2[nH]c(=O)n(C)c(=O)c2c1.COC(=O)c1ccc2nc(Cl)n(C)c(=O)c2c1. The second kappa shape index (κ2) is 9.71. The van der Waals surface area contributed by atoms with E-state index in [1.54, 1.807) is 6.07 Å². The zero-order chi connectivity index (χ0) is 25.2. The molecule has 0 atom stereocenters. The Labute approximate surface area is 196 Å². The average Bonchev–Trinajstić information content (AvgIpc) is 2.85. The first-order chi connectivity index (χ1) is 16.1.